The van der Waals surface area contributed by atoms with Crippen LogP contribution in [0.1, 0.15) is 50.4 Å². The third-order valence-electron chi connectivity index (χ3n) is 6.35. The molecular formula is C25H28N2O5. The van der Waals surface area contributed by atoms with Gasteiger partial charge < -0.3 is 10.1 Å². The summed E-state index contributed by atoms with van der Waals surface area (Å²) in [5.41, 5.74) is -0.632. The zero-order chi connectivity index (χ0) is 23.1. The highest BCUT2D eigenvalue weighted by atomic mass is 16.5. The van der Waals surface area contributed by atoms with Crippen molar-refractivity contribution in [1.82, 2.24) is 10.2 Å². The minimum atomic E-state index is -0.973. The van der Waals surface area contributed by atoms with E-state index in [2.05, 4.69) is 26.1 Å². The number of hydrogen-bond donors (Lipinski definition) is 1. The first kappa shape index (κ1) is 22.0. The Hall–Kier alpha value is -3.22. The Balaban J connectivity index is 1.38. The molecule has 2 aromatic rings. The van der Waals surface area contributed by atoms with Crippen LogP contribution in [0.25, 0.3) is 10.8 Å². The Morgan fingerprint density at radius 1 is 1.09 bits per heavy atom. The number of esters is 1. The molecule has 7 nitrogen and oxygen atoms in total. The van der Waals surface area contributed by atoms with Gasteiger partial charge >= 0.3 is 12.0 Å². The third-order valence-corrected chi connectivity index (χ3v) is 6.35. The average Bonchev–Trinajstić information content (AvgIpc) is 2.93. The summed E-state index contributed by atoms with van der Waals surface area (Å²) in [6.45, 7) is 5.28. The standard InChI is InChI=1S/C25H28N2O5/c1-16-11-24(2,3)15-25(12-16)22(30)27(23(31)26-25)13-21(29)32-14-20(28)19-9-8-17-6-4-5-7-18(17)10-19/h4-10,16H,11-15H2,1-3H3,(H,26,31). The number of imide groups is 1. The summed E-state index contributed by atoms with van der Waals surface area (Å²) in [4.78, 5) is 51.4. The molecule has 4 rings (SSSR count). The van der Waals surface area contributed by atoms with Gasteiger partial charge in [0.15, 0.2) is 12.4 Å². The molecule has 2 aromatic carbocycles. The molecule has 1 aliphatic heterocycles. The van der Waals surface area contributed by atoms with Gasteiger partial charge in [0, 0.05) is 5.56 Å². The van der Waals surface area contributed by atoms with E-state index < -0.39 is 30.7 Å². The zero-order valence-corrected chi connectivity index (χ0v) is 18.6. The van der Waals surface area contributed by atoms with Gasteiger partial charge in [-0.3, -0.25) is 19.3 Å². The number of fused-ring (bicyclic) bond motifs is 1. The molecular weight excluding hydrogens is 408 g/mol. The summed E-state index contributed by atoms with van der Waals surface area (Å²) >= 11 is 0. The number of urea groups is 1. The van der Waals surface area contributed by atoms with Crippen molar-refractivity contribution >= 4 is 34.5 Å². The van der Waals surface area contributed by atoms with E-state index in [1.807, 2.05) is 30.3 Å². The van der Waals surface area contributed by atoms with Crippen LogP contribution in [0.3, 0.4) is 0 Å². The van der Waals surface area contributed by atoms with Crippen LogP contribution < -0.4 is 5.32 Å². The molecule has 1 saturated heterocycles. The second-order valence-electron chi connectivity index (χ2n) is 9.90. The maximum atomic E-state index is 13.1. The van der Waals surface area contributed by atoms with E-state index in [1.54, 1.807) is 12.1 Å². The predicted molar refractivity (Wildman–Crippen MR) is 119 cm³/mol. The number of nitrogens with one attached hydrogen (secondary N) is 1. The molecule has 1 heterocycles. The highest BCUT2D eigenvalue weighted by Gasteiger charge is 2.56. The number of Topliss-reactive ketones (excluding diaryl/α,β-unsaturated/α-hetero) is 1. The van der Waals surface area contributed by atoms with Crippen molar-refractivity contribution in [3.8, 4) is 0 Å². The molecule has 2 aliphatic rings. The van der Waals surface area contributed by atoms with Gasteiger partial charge in [-0.2, -0.15) is 0 Å². The molecule has 0 radical (unpaired) electrons. The number of benzene rings is 2. The summed E-state index contributed by atoms with van der Waals surface area (Å²) in [6.07, 6.45) is 2.05. The summed E-state index contributed by atoms with van der Waals surface area (Å²) in [6, 6.07) is 12.3. The molecule has 3 amide bonds. The fourth-order valence-electron chi connectivity index (χ4n) is 5.42. The van der Waals surface area contributed by atoms with Gasteiger partial charge in [0.2, 0.25) is 0 Å². The van der Waals surface area contributed by atoms with Crippen molar-refractivity contribution in [3.63, 3.8) is 0 Å². The van der Waals surface area contributed by atoms with Crippen molar-refractivity contribution in [3.05, 3.63) is 48.0 Å². The molecule has 32 heavy (non-hydrogen) atoms. The molecule has 2 fully saturated rings. The van der Waals surface area contributed by atoms with E-state index in [0.717, 1.165) is 22.1 Å². The quantitative estimate of drug-likeness (QED) is 0.438. The van der Waals surface area contributed by atoms with Crippen LogP contribution >= 0.6 is 0 Å². The summed E-state index contributed by atoms with van der Waals surface area (Å²) < 4.78 is 5.10. The lowest BCUT2D eigenvalue weighted by Gasteiger charge is -2.43. The molecule has 1 N–H and O–H groups in total. The number of amides is 3. The average molecular weight is 437 g/mol. The molecule has 0 bridgehead atoms. The smallest absolute Gasteiger partial charge is 0.326 e. The number of carbonyl (C=O) groups excluding carboxylic acids is 4. The number of rotatable bonds is 5. The van der Waals surface area contributed by atoms with Crippen molar-refractivity contribution in [2.45, 2.75) is 45.6 Å². The maximum absolute atomic E-state index is 13.1. The van der Waals surface area contributed by atoms with E-state index in [9.17, 15) is 19.2 Å². The van der Waals surface area contributed by atoms with Crippen LogP contribution in [0.4, 0.5) is 4.79 Å². The summed E-state index contributed by atoms with van der Waals surface area (Å²) in [7, 11) is 0. The Kier molecular flexibility index (Phi) is 5.53. The Morgan fingerprint density at radius 2 is 1.81 bits per heavy atom. The predicted octanol–water partition coefficient (Wildman–Crippen LogP) is 3.70. The Morgan fingerprint density at radius 3 is 2.53 bits per heavy atom. The van der Waals surface area contributed by atoms with Gasteiger partial charge in [-0.25, -0.2) is 4.79 Å². The van der Waals surface area contributed by atoms with Gasteiger partial charge in [0.05, 0.1) is 0 Å². The first-order valence-electron chi connectivity index (χ1n) is 10.9. The summed E-state index contributed by atoms with van der Waals surface area (Å²) in [5, 5.41) is 4.75. The first-order valence-corrected chi connectivity index (χ1v) is 10.9. The largest absolute Gasteiger partial charge is 0.456 e. The van der Waals surface area contributed by atoms with Crippen LogP contribution in [-0.4, -0.2) is 47.3 Å². The molecule has 168 valence electrons. The lowest BCUT2D eigenvalue weighted by Crippen LogP contribution is -2.54. The van der Waals surface area contributed by atoms with E-state index in [-0.39, 0.29) is 23.0 Å². The topological polar surface area (TPSA) is 92.8 Å². The second kappa shape index (κ2) is 8.04. The SMILES string of the molecule is CC1CC(C)(C)CC2(C1)NC(=O)N(CC(=O)OCC(=O)c1ccc3ccccc3c1)C2=O. The molecule has 1 aliphatic carbocycles. The maximum Gasteiger partial charge on any atom is 0.326 e. The van der Waals surface area contributed by atoms with Crippen LogP contribution in [-0.2, 0) is 14.3 Å². The molecule has 2 atom stereocenters. The van der Waals surface area contributed by atoms with Gasteiger partial charge in [-0.05, 0) is 47.4 Å². The second-order valence-corrected chi connectivity index (χ2v) is 9.90. The number of ketones is 1. The number of hydrogen-bond acceptors (Lipinski definition) is 5. The van der Waals surface area contributed by atoms with Crippen LogP contribution in [0.15, 0.2) is 42.5 Å². The van der Waals surface area contributed by atoms with Crippen molar-refractivity contribution < 1.29 is 23.9 Å². The van der Waals surface area contributed by atoms with E-state index in [4.69, 9.17) is 4.74 Å². The lowest BCUT2D eigenvalue weighted by molar-refractivity contribution is -0.147. The minimum absolute atomic E-state index is 0.0938. The lowest BCUT2D eigenvalue weighted by atomic mass is 9.64. The molecule has 1 saturated carbocycles. The van der Waals surface area contributed by atoms with Gasteiger partial charge in [0.25, 0.3) is 5.91 Å². The van der Waals surface area contributed by atoms with Crippen molar-refractivity contribution in [2.24, 2.45) is 11.3 Å². The highest BCUT2D eigenvalue weighted by molar-refractivity contribution is 6.09. The number of nitrogens with zero attached hydrogens (tertiary/aromatic N) is 1. The fourth-order valence-corrected chi connectivity index (χ4v) is 5.42. The third kappa shape index (κ3) is 4.24. The van der Waals surface area contributed by atoms with Crippen LogP contribution in [0.5, 0.6) is 0 Å². The van der Waals surface area contributed by atoms with Gasteiger partial charge in [-0.1, -0.05) is 57.2 Å². The first-order chi connectivity index (χ1) is 15.1. The van der Waals surface area contributed by atoms with Crippen molar-refractivity contribution in [1.29, 1.82) is 0 Å². The van der Waals surface area contributed by atoms with Crippen LogP contribution in [0, 0.1) is 11.3 Å². The zero-order valence-electron chi connectivity index (χ0n) is 18.6. The molecule has 2 unspecified atom stereocenters. The summed E-state index contributed by atoms with van der Waals surface area (Å²) in [5.74, 6) is -1.25. The fraction of sp³-hybridized carbons (Fsp3) is 0.440. The Labute approximate surface area is 187 Å². The molecule has 1 spiro atoms. The van der Waals surface area contributed by atoms with Crippen molar-refractivity contribution in [2.75, 3.05) is 13.2 Å². The van der Waals surface area contributed by atoms with Gasteiger partial charge in [0.1, 0.15) is 12.1 Å². The van der Waals surface area contributed by atoms with Crippen LogP contribution in [0.2, 0.25) is 0 Å². The van der Waals surface area contributed by atoms with E-state index in [0.29, 0.717) is 18.4 Å². The van der Waals surface area contributed by atoms with E-state index in [1.165, 1.54) is 0 Å². The molecule has 0 aromatic heterocycles. The molecule has 7 heteroatoms. The number of ether oxygens (including phenoxy) is 1. The highest BCUT2D eigenvalue weighted by Crippen LogP contribution is 2.46. The monoisotopic (exact) mass is 436 g/mol. The van der Waals surface area contributed by atoms with Gasteiger partial charge in [-0.15, -0.1) is 0 Å². The number of carbonyl (C=O) groups is 4. The van der Waals surface area contributed by atoms with E-state index >= 15 is 0 Å². The minimum Gasteiger partial charge on any atom is -0.456 e. The normalized spacial score (nSPS) is 24.6. The Bertz CT molecular complexity index is 1110.